The monoisotopic (exact) mass is 623 g/mol. The van der Waals surface area contributed by atoms with Crippen LogP contribution in [-0.4, -0.2) is 65.9 Å². The van der Waals surface area contributed by atoms with Gasteiger partial charge in [-0.05, 0) is 67.0 Å². The fourth-order valence-electron chi connectivity index (χ4n) is 6.89. The van der Waals surface area contributed by atoms with Crippen molar-refractivity contribution < 1.29 is 17.9 Å². The fourth-order valence-corrected chi connectivity index (χ4v) is 7.88. The van der Waals surface area contributed by atoms with Crippen LogP contribution in [-0.2, 0) is 16.6 Å². The molecule has 0 spiro atoms. The number of nitrogens with one attached hydrogen (secondary N) is 1. The normalized spacial score (nSPS) is 24.2. The molecule has 2 unspecified atom stereocenters. The van der Waals surface area contributed by atoms with Crippen molar-refractivity contribution in [1.29, 1.82) is 0 Å². The molecular weight excluding hydrogens is 586 g/mol. The van der Waals surface area contributed by atoms with Crippen LogP contribution >= 0.6 is 0 Å². The van der Waals surface area contributed by atoms with Gasteiger partial charge in [0.05, 0.1) is 16.6 Å². The average Bonchev–Trinajstić information content (AvgIpc) is 3.76. The molecule has 4 aromatic rings. The second-order valence-corrected chi connectivity index (χ2v) is 14.2. The number of ether oxygens (including phenoxy) is 1. The molecule has 2 aliphatic heterocycles. The van der Waals surface area contributed by atoms with E-state index < -0.39 is 16.1 Å². The van der Waals surface area contributed by atoms with Crippen molar-refractivity contribution in [2.24, 2.45) is 11.8 Å². The third-order valence-electron chi connectivity index (χ3n) is 9.29. The Kier molecular flexibility index (Phi) is 7.57. The molecule has 9 nitrogen and oxygen atoms in total. The van der Waals surface area contributed by atoms with Crippen LogP contribution in [0.1, 0.15) is 40.4 Å². The zero-order valence-corrected chi connectivity index (χ0v) is 26.5. The van der Waals surface area contributed by atoms with Gasteiger partial charge in [0.15, 0.2) is 0 Å². The van der Waals surface area contributed by atoms with E-state index in [0.717, 1.165) is 23.1 Å². The molecule has 1 N–H and O–H groups in total. The van der Waals surface area contributed by atoms with Gasteiger partial charge in [-0.3, -0.25) is 9.69 Å². The number of carbonyl (C=O) groups is 1. The van der Waals surface area contributed by atoms with E-state index in [1.54, 1.807) is 18.2 Å². The number of aryl methyl sites for hydroxylation is 2. The van der Waals surface area contributed by atoms with Gasteiger partial charge in [0.1, 0.15) is 6.10 Å². The molecule has 6 bridgehead atoms. The predicted octanol–water partition coefficient (Wildman–Crippen LogP) is 5.30. The highest BCUT2D eigenvalue weighted by Gasteiger charge is 2.50. The third-order valence-corrected chi connectivity index (χ3v) is 10.6. The van der Waals surface area contributed by atoms with E-state index in [0.29, 0.717) is 43.4 Å². The van der Waals surface area contributed by atoms with Gasteiger partial charge >= 0.3 is 0 Å². The second kappa shape index (κ2) is 11.6. The SMILES string of the molecule is Cc1cccc(C)c1-c1cc2nc(n1)NS(=O)(=O)c1cccc(c1)C(=O)N1CCN(Cc3ccccc3)C[C@H](O2)[C@@H]1C1CC1C. The fraction of sp³-hybridized carbons (Fsp3) is 0.343. The number of anilines is 1. The van der Waals surface area contributed by atoms with E-state index in [4.69, 9.17) is 4.74 Å². The molecule has 4 atom stereocenters. The lowest BCUT2D eigenvalue weighted by Gasteiger charge is -2.35. The average molecular weight is 624 g/mol. The standard InChI is InChI=1S/C35H37N5O4S/c1-22-9-7-10-23(2)32(22)29-19-31-37-35(36-29)38-45(42,43)27-14-8-13-26(18-27)34(41)40-16-15-39(20-25-11-5-4-6-12-25)21-30(44-31)33(40)28-17-24(28)3/h4-14,18-19,24,28,30,33H,15-17,20-21H2,1-3H3,(H,36,37,38)/t24?,28?,30-,33-/m0/s1. The number of benzene rings is 3. The summed E-state index contributed by atoms with van der Waals surface area (Å²) in [5.41, 5.74) is 4.98. The molecular formula is C35H37N5O4S. The number of amides is 1. The Hall–Kier alpha value is -4.28. The maximum Gasteiger partial charge on any atom is 0.264 e. The van der Waals surface area contributed by atoms with Crippen LogP contribution < -0.4 is 9.46 Å². The number of nitrogens with zero attached hydrogens (tertiary/aromatic N) is 4. The highest BCUT2D eigenvalue weighted by atomic mass is 32.2. The number of hydrogen-bond acceptors (Lipinski definition) is 7. The Morgan fingerprint density at radius 1 is 0.933 bits per heavy atom. The minimum atomic E-state index is -4.11. The Morgan fingerprint density at radius 2 is 1.67 bits per heavy atom. The van der Waals surface area contributed by atoms with Gasteiger partial charge in [0.25, 0.3) is 15.9 Å². The number of aromatic nitrogens is 2. The minimum absolute atomic E-state index is 0.0236. The van der Waals surface area contributed by atoms with Crippen molar-refractivity contribution in [3.8, 4) is 17.1 Å². The van der Waals surface area contributed by atoms with E-state index in [2.05, 4.69) is 38.6 Å². The van der Waals surface area contributed by atoms with Crippen LogP contribution in [0.25, 0.3) is 11.3 Å². The molecule has 7 rings (SSSR count). The first-order chi connectivity index (χ1) is 21.7. The van der Waals surface area contributed by atoms with Gasteiger partial charge in [0, 0.05) is 43.4 Å². The van der Waals surface area contributed by atoms with Crippen LogP contribution in [0.5, 0.6) is 5.88 Å². The number of carbonyl (C=O) groups excluding carboxylic acids is 1. The zero-order chi connectivity index (χ0) is 31.3. The van der Waals surface area contributed by atoms with E-state index in [1.165, 1.54) is 17.7 Å². The largest absolute Gasteiger partial charge is 0.471 e. The summed E-state index contributed by atoms with van der Waals surface area (Å²) >= 11 is 0. The summed E-state index contributed by atoms with van der Waals surface area (Å²) in [6.45, 7) is 8.67. The first-order valence-electron chi connectivity index (χ1n) is 15.5. The molecule has 1 aromatic heterocycles. The van der Waals surface area contributed by atoms with Crippen molar-refractivity contribution >= 4 is 21.9 Å². The van der Waals surface area contributed by atoms with Gasteiger partial charge < -0.3 is 9.64 Å². The molecule has 1 saturated carbocycles. The van der Waals surface area contributed by atoms with Crippen molar-refractivity contribution in [3.05, 3.63) is 101 Å². The Bertz CT molecular complexity index is 1850. The van der Waals surface area contributed by atoms with Crippen molar-refractivity contribution in [3.63, 3.8) is 0 Å². The Labute approximate surface area is 264 Å². The van der Waals surface area contributed by atoms with E-state index >= 15 is 0 Å². The van der Waals surface area contributed by atoms with Crippen molar-refractivity contribution in [2.45, 2.75) is 50.8 Å². The van der Waals surface area contributed by atoms with Crippen LogP contribution in [0.3, 0.4) is 0 Å². The molecule has 1 amide bonds. The lowest BCUT2D eigenvalue weighted by molar-refractivity contribution is 0.0401. The van der Waals surface area contributed by atoms with Gasteiger partial charge in [-0.1, -0.05) is 61.5 Å². The van der Waals surface area contributed by atoms with Gasteiger partial charge in [-0.2, -0.15) is 4.98 Å². The lowest BCUT2D eigenvalue weighted by Crippen LogP contribution is -2.51. The van der Waals surface area contributed by atoms with Gasteiger partial charge in [-0.25, -0.2) is 18.1 Å². The van der Waals surface area contributed by atoms with E-state index in [9.17, 15) is 13.2 Å². The van der Waals surface area contributed by atoms with Gasteiger partial charge in [0.2, 0.25) is 11.8 Å². The quantitative estimate of drug-likeness (QED) is 0.329. The second-order valence-electron chi connectivity index (χ2n) is 12.6. The van der Waals surface area contributed by atoms with Crippen LogP contribution in [0.15, 0.2) is 83.8 Å². The Morgan fingerprint density at radius 3 is 2.40 bits per heavy atom. The summed E-state index contributed by atoms with van der Waals surface area (Å²) in [5.74, 6) is 0.685. The third kappa shape index (κ3) is 5.92. The summed E-state index contributed by atoms with van der Waals surface area (Å²) in [7, 11) is -4.11. The van der Waals surface area contributed by atoms with Gasteiger partial charge in [-0.15, -0.1) is 0 Å². The maximum absolute atomic E-state index is 14.3. The first-order valence-corrected chi connectivity index (χ1v) is 17.0. The number of rotatable bonds is 4. The summed E-state index contributed by atoms with van der Waals surface area (Å²) in [5, 5.41) is 0. The summed E-state index contributed by atoms with van der Waals surface area (Å²) in [4.78, 5) is 27.8. The molecule has 10 heteroatoms. The minimum Gasteiger partial charge on any atom is -0.471 e. The summed E-state index contributed by atoms with van der Waals surface area (Å²) < 4.78 is 36.7. The highest BCUT2D eigenvalue weighted by Crippen LogP contribution is 2.45. The van der Waals surface area contributed by atoms with Crippen molar-refractivity contribution in [2.75, 3.05) is 24.4 Å². The topological polar surface area (TPSA) is 105 Å². The van der Waals surface area contributed by atoms with Crippen LogP contribution in [0, 0.1) is 25.7 Å². The lowest BCUT2D eigenvalue weighted by atomic mass is 9.99. The summed E-state index contributed by atoms with van der Waals surface area (Å²) in [6.07, 6.45) is 0.579. The zero-order valence-electron chi connectivity index (χ0n) is 25.7. The predicted molar refractivity (Wildman–Crippen MR) is 172 cm³/mol. The number of sulfonamides is 1. The van der Waals surface area contributed by atoms with E-state index in [-0.39, 0.29) is 34.6 Å². The Balaban J connectivity index is 1.40. The molecule has 2 fully saturated rings. The number of fused-ring (bicyclic) bond motifs is 6. The molecule has 0 radical (unpaired) electrons. The molecule has 3 aliphatic rings. The smallest absolute Gasteiger partial charge is 0.264 e. The van der Waals surface area contributed by atoms with E-state index in [1.807, 2.05) is 55.1 Å². The number of hydrogen-bond donors (Lipinski definition) is 1. The summed E-state index contributed by atoms with van der Waals surface area (Å²) in [6, 6.07) is 24.1. The molecule has 45 heavy (non-hydrogen) atoms. The first kappa shape index (κ1) is 29.4. The highest BCUT2D eigenvalue weighted by molar-refractivity contribution is 7.92. The molecule has 1 aliphatic carbocycles. The maximum atomic E-state index is 14.3. The molecule has 232 valence electrons. The van der Waals surface area contributed by atoms with Crippen LogP contribution in [0.4, 0.5) is 5.95 Å². The van der Waals surface area contributed by atoms with Crippen LogP contribution in [0.2, 0.25) is 0 Å². The van der Waals surface area contributed by atoms with Crippen molar-refractivity contribution in [1.82, 2.24) is 19.8 Å². The molecule has 3 heterocycles. The molecule has 3 aromatic carbocycles. The molecule has 1 saturated heterocycles.